The van der Waals surface area contributed by atoms with E-state index in [9.17, 15) is 0 Å². The van der Waals surface area contributed by atoms with Gasteiger partial charge in [0.15, 0.2) is 0 Å². The summed E-state index contributed by atoms with van der Waals surface area (Å²) in [6, 6.07) is 11.0. The lowest BCUT2D eigenvalue weighted by atomic mass is 10.2. The molecule has 4 heteroatoms. The SMILES string of the molecule is CCC(C)Oc1ccccc1NC=C(C#N)C#N. The number of anilines is 1. The highest BCUT2D eigenvalue weighted by atomic mass is 16.5. The van der Waals surface area contributed by atoms with E-state index in [1.807, 2.05) is 38.1 Å². The first-order valence-electron chi connectivity index (χ1n) is 5.73. The summed E-state index contributed by atoms with van der Waals surface area (Å²) in [4.78, 5) is 0. The molecule has 0 bridgehead atoms. The minimum absolute atomic E-state index is 0.0216. The highest BCUT2D eigenvalue weighted by molar-refractivity contribution is 5.59. The Balaban J connectivity index is 2.87. The number of ether oxygens (including phenoxy) is 1. The fourth-order valence-electron chi connectivity index (χ4n) is 1.23. The summed E-state index contributed by atoms with van der Waals surface area (Å²) in [6.07, 6.45) is 2.40. The van der Waals surface area contributed by atoms with Gasteiger partial charge in [0, 0.05) is 6.20 Å². The van der Waals surface area contributed by atoms with Gasteiger partial charge in [0.25, 0.3) is 0 Å². The van der Waals surface area contributed by atoms with Crippen molar-refractivity contribution in [1.29, 1.82) is 10.5 Å². The fraction of sp³-hybridized carbons (Fsp3) is 0.286. The summed E-state index contributed by atoms with van der Waals surface area (Å²) in [5.74, 6) is 0.707. The monoisotopic (exact) mass is 241 g/mol. The number of rotatable bonds is 5. The van der Waals surface area contributed by atoms with Crippen molar-refractivity contribution >= 4 is 5.69 Å². The predicted octanol–water partition coefficient (Wildman–Crippen LogP) is 3.21. The molecule has 0 heterocycles. The van der Waals surface area contributed by atoms with E-state index in [1.165, 1.54) is 6.20 Å². The molecule has 1 rings (SSSR count). The van der Waals surface area contributed by atoms with Gasteiger partial charge in [0.05, 0.1) is 11.8 Å². The summed E-state index contributed by atoms with van der Waals surface area (Å²) < 4.78 is 5.74. The topological polar surface area (TPSA) is 68.8 Å². The van der Waals surface area contributed by atoms with Crippen LogP contribution in [0, 0.1) is 22.7 Å². The molecule has 0 saturated carbocycles. The highest BCUT2D eigenvalue weighted by Gasteiger charge is 2.05. The molecule has 0 spiro atoms. The predicted molar refractivity (Wildman–Crippen MR) is 69.8 cm³/mol. The van der Waals surface area contributed by atoms with Gasteiger partial charge in [-0.05, 0) is 25.5 Å². The number of hydrogen-bond acceptors (Lipinski definition) is 4. The van der Waals surface area contributed by atoms with Gasteiger partial charge in [-0.3, -0.25) is 0 Å². The Hall–Kier alpha value is -2.46. The van der Waals surface area contributed by atoms with Crippen LogP contribution < -0.4 is 10.1 Å². The normalized spacial score (nSPS) is 10.7. The van der Waals surface area contributed by atoms with Crippen molar-refractivity contribution in [2.24, 2.45) is 0 Å². The third-order valence-corrected chi connectivity index (χ3v) is 2.40. The number of benzene rings is 1. The molecule has 18 heavy (non-hydrogen) atoms. The van der Waals surface area contributed by atoms with E-state index in [1.54, 1.807) is 12.1 Å². The molecule has 0 aliphatic rings. The zero-order valence-corrected chi connectivity index (χ0v) is 10.5. The van der Waals surface area contributed by atoms with Crippen molar-refractivity contribution < 1.29 is 4.74 Å². The third-order valence-electron chi connectivity index (χ3n) is 2.40. The second kappa shape index (κ2) is 6.98. The van der Waals surface area contributed by atoms with E-state index in [-0.39, 0.29) is 11.7 Å². The van der Waals surface area contributed by atoms with Crippen LogP contribution in [0.4, 0.5) is 5.69 Å². The summed E-state index contributed by atoms with van der Waals surface area (Å²) in [7, 11) is 0. The quantitative estimate of drug-likeness (QED) is 0.804. The van der Waals surface area contributed by atoms with E-state index in [0.29, 0.717) is 5.75 Å². The fourth-order valence-corrected chi connectivity index (χ4v) is 1.23. The Kier molecular flexibility index (Phi) is 5.28. The van der Waals surface area contributed by atoms with E-state index < -0.39 is 0 Å². The van der Waals surface area contributed by atoms with Crippen molar-refractivity contribution in [2.75, 3.05) is 5.32 Å². The maximum Gasteiger partial charge on any atom is 0.145 e. The molecule has 0 aliphatic heterocycles. The van der Waals surface area contributed by atoms with Crippen LogP contribution in [-0.2, 0) is 0 Å². The minimum Gasteiger partial charge on any atom is -0.489 e. The van der Waals surface area contributed by atoms with Crippen LogP contribution in [-0.4, -0.2) is 6.10 Å². The Labute approximate surface area is 107 Å². The molecule has 0 aliphatic carbocycles. The maximum atomic E-state index is 8.64. The smallest absolute Gasteiger partial charge is 0.145 e. The number of nitrogens with zero attached hydrogens (tertiary/aromatic N) is 2. The number of hydrogen-bond donors (Lipinski definition) is 1. The van der Waals surface area contributed by atoms with Crippen LogP contribution >= 0.6 is 0 Å². The Morgan fingerprint density at radius 2 is 2.06 bits per heavy atom. The average Bonchev–Trinajstić information content (AvgIpc) is 2.41. The molecule has 1 N–H and O–H groups in total. The van der Waals surface area contributed by atoms with Crippen LogP contribution in [0.25, 0.3) is 0 Å². The van der Waals surface area contributed by atoms with Gasteiger partial charge < -0.3 is 10.1 Å². The van der Waals surface area contributed by atoms with Gasteiger partial charge in [0.2, 0.25) is 0 Å². The van der Waals surface area contributed by atoms with E-state index >= 15 is 0 Å². The number of allylic oxidation sites excluding steroid dienone is 1. The first-order valence-corrected chi connectivity index (χ1v) is 5.73. The Bertz CT molecular complexity index is 493. The molecule has 0 saturated heterocycles. The lowest BCUT2D eigenvalue weighted by molar-refractivity contribution is 0.218. The van der Waals surface area contributed by atoms with Crippen LogP contribution in [0.2, 0.25) is 0 Å². The maximum absolute atomic E-state index is 8.64. The highest BCUT2D eigenvalue weighted by Crippen LogP contribution is 2.25. The molecule has 92 valence electrons. The third kappa shape index (κ3) is 3.84. The first kappa shape index (κ1) is 13.6. The molecule has 1 unspecified atom stereocenters. The van der Waals surface area contributed by atoms with Crippen molar-refractivity contribution in [1.82, 2.24) is 0 Å². The lowest BCUT2D eigenvalue weighted by Crippen LogP contribution is -2.10. The van der Waals surface area contributed by atoms with Crippen molar-refractivity contribution in [3.63, 3.8) is 0 Å². The number of nitriles is 2. The molecular weight excluding hydrogens is 226 g/mol. The Morgan fingerprint density at radius 1 is 1.39 bits per heavy atom. The van der Waals surface area contributed by atoms with Crippen molar-refractivity contribution in [3.05, 3.63) is 36.0 Å². The minimum atomic E-state index is 0.0216. The largest absolute Gasteiger partial charge is 0.489 e. The van der Waals surface area contributed by atoms with Crippen LogP contribution in [0.3, 0.4) is 0 Å². The summed E-state index contributed by atoms with van der Waals surface area (Å²) >= 11 is 0. The molecule has 1 aromatic rings. The van der Waals surface area contributed by atoms with Crippen LogP contribution in [0.15, 0.2) is 36.0 Å². The number of para-hydroxylation sites is 2. The van der Waals surface area contributed by atoms with Gasteiger partial charge in [-0.1, -0.05) is 19.1 Å². The van der Waals surface area contributed by atoms with E-state index in [2.05, 4.69) is 5.32 Å². The molecule has 0 aromatic heterocycles. The second-order valence-corrected chi connectivity index (χ2v) is 3.76. The molecule has 0 radical (unpaired) electrons. The standard InChI is InChI=1S/C14H15N3O/c1-3-11(2)18-14-7-5-4-6-13(14)17-10-12(8-15)9-16/h4-7,10-11,17H,3H2,1-2H3. The van der Waals surface area contributed by atoms with E-state index in [0.717, 1.165) is 12.1 Å². The summed E-state index contributed by atoms with van der Waals surface area (Å²) in [5, 5.41) is 20.2. The van der Waals surface area contributed by atoms with Gasteiger partial charge in [-0.2, -0.15) is 10.5 Å². The second-order valence-electron chi connectivity index (χ2n) is 3.76. The van der Waals surface area contributed by atoms with E-state index in [4.69, 9.17) is 15.3 Å². The molecule has 0 amide bonds. The zero-order chi connectivity index (χ0) is 13.4. The summed E-state index contributed by atoms with van der Waals surface area (Å²) in [6.45, 7) is 4.03. The van der Waals surface area contributed by atoms with Crippen LogP contribution in [0.5, 0.6) is 5.75 Å². The number of nitrogens with one attached hydrogen (secondary N) is 1. The molecular formula is C14H15N3O. The molecule has 0 fully saturated rings. The van der Waals surface area contributed by atoms with Gasteiger partial charge >= 0.3 is 0 Å². The van der Waals surface area contributed by atoms with Gasteiger partial charge in [-0.25, -0.2) is 0 Å². The average molecular weight is 241 g/mol. The molecule has 1 aromatic carbocycles. The van der Waals surface area contributed by atoms with Crippen molar-refractivity contribution in [3.8, 4) is 17.9 Å². The van der Waals surface area contributed by atoms with Gasteiger partial charge in [-0.15, -0.1) is 0 Å². The van der Waals surface area contributed by atoms with Crippen LogP contribution in [0.1, 0.15) is 20.3 Å². The first-order chi connectivity index (χ1) is 8.71. The molecule has 1 atom stereocenters. The van der Waals surface area contributed by atoms with Crippen molar-refractivity contribution in [2.45, 2.75) is 26.4 Å². The van der Waals surface area contributed by atoms with Gasteiger partial charge in [0.1, 0.15) is 23.5 Å². The Morgan fingerprint density at radius 3 is 2.67 bits per heavy atom. The zero-order valence-electron chi connectivity index (χ0n) is 10.5. The summed E-state index contributed by atoms with van der Waals surface area (Å²) in [5.41, 5.74) is 0.758. The lowest BCUT2D eigenvalue weighted by Gasteiger charge is -2.15. The molecule has 4 nitrogen and oxygen atoms in total.